The minimum absolute atomic E-state index is 0.877. The highest BCUT2D eigenvalue weighted by Crippen LogP contribution is 2.46. The third-order valence-electron chi connectivity index (χ3n) is 12.6. The van der Waals surface area contributed by atoms with Gasteiger partial charge in [0.2, 0.25) is 0 Å². The molecule has 3 aromatic heterocycles. The molecule has 0 aliphatic rings. The Labute approximate surface area is 356 Å². The molecule has 13 aromatic rings. The summed E-state index contributed by atoms with van der Waals surface area (Å²) in [5, 5.41) is 9.32. The Balaban J connectivity index is 0.993. The molecule has 0 N–H and O–H groups in total. The van der Waals surface area contributed by atoms with E-state index < -0.39 is 0 Å². The molecule has 0 saturated carbocycles. The molecule has 0 unspecified atom stereocenters. The Kier molecular flexibility index (Phi) is 7.57. The van der Waals surface area contributed by atoms with Crippen molar-refractivity contribution in [2.75, 3.05) is 4.90 Å². The number of hydrogen-bond donors (Lipinski definition) is 0. The van der Waals surface area contributed by atoms with Crippen LogP contribution in [0.1, 0.15) is 0 Å². The number of rotatable bonds is 6. The SMILES string of the molecule is c1ccc(N(c2ccc(-c3cccc4oc5ccccc5c34)cc2)c2ccc(-n3c4ccccc4c4ccccc43)cc2)c(-c2cccc3c2oc2cc4ccccc4cc23)c1. The van der Waals surface area contributed by atoms with Crippen molar-refractivity contribution in [1.29, 1.82) is 0 Å². The Morgan fingerprint density at radius 2 is 0.919 bits per heavy atom. The van der Waals surface area contributed by atoms with Crippen LogP contribution in [0.4, 0.5) is 17.1 Å². The predicted octanol–water partition coefficient (Wildman–Crippen LogP) is 16.5. The van der Waals surface area contributed by atoms with Crippen LogP contribution in [0.15, 0.2) is 227 Å². The molecule has 0 saturated heterocycles. The minimum Gasteiger partial charge on any atom is -0.456 e. The Morgan fingerprint density at radius 1 is 0.355 bits per heavy atom. The molecule has 0 aliphatic heterocycles. The molecular weight excluding hydrogens is 757 g/mol. The number of nitrogens with zero attached hydrogens (tertiary/aromatic N) is 2. The summed E-state index contributed by atoms with van der Waals surface area (Å²) in [5.41, 5.74) is 14.5. The summed E-state index contributed by atoms with van der Waals surface area (Å²) in [7, 11) is 0. The van der Waals surface area contributed by atoms with Crippen LogP contribution in [0.5, 0.6) is 0 Å². The van der Waals surface area contributed by atoms with Gasteiger partial charge in [-0.2, -0.15) is 0 Å². The number of anilines is 3. The Bertz CT molecular complexity index is 3810. The number of furan rings is 2. The first kappa shape index (κ1) is 34.5. The zero-order valence-corrected chi connectivity index (χ0v) is 33.5. The summed E-state index contributed by atoms with van der Waals surface area (Å²) in [6.07, 6.45) is 0. The molecule has 0 aliphatic carbocycles. The van der Waals surface area contributed by atoms with Crippen molar-refractivity contribution in [2.24, 2.45) is 0 Å². The summed E-state index contributed by atoms with van der Waals surface area (Å²) in [6, 6.07) is 78.0. The molecule has 13 rings (SSSR count). The molecule has 0 bridgehead atoms. The van der Waals surface area contributed by atoms with Gasteiger partial charge in [0.25, 0.3) is 0 Å². The monoisotopic (exact) mass is 792 g/mol. The van der Waals surface area contributed by atoms with Crippen LogP contribution in [0, 0.1) is 0 Å². The van der Waals surface area contributed by atoms with Crippen molar-refractivity contribution in [3.63, 3.8) is 0 Å². The summed E-state index contributed by atoms with van der Waals surface area (Å²) in [4.78, 5) is 2.37. The van der Waals surface area contributed by atoms with Gasteiger partial charge in [-0.25, -0.2) is 0 Å². The summed E-state index contributed by atoms with van der Waals surface area (Å²) in [6.45, 7) is 0. The van der Waals surface area contributed by atoms with Gasteiger partial charge in [0.05, 0.1) is 16.7 Å². The fraction of sp³-hybridized carbons (Fsp3) is 0. The molecule has 62 heavy (non-hydrogen) atoms. The molecule has 0 atom stereocenters. The second-order valence-electron chi connectivity index (χ2n) is 16.0. The Hall–Kier alpha value is -8.34. The smallest absolute Gasteiger partial charge is 0.143 e. The highest BCUT2D eigenvalue weighted by Gasteiger charge is 2.22. The van der Waals surface area contributed by atoms with Crippen molar-refractivity contribution < 1.29 is 8.83 Å². The van der Waals surface area contributed by atoms with E-state index >= 15 is 0 Å². The zero-order valence-electron chi connectivity index (χ0n) is 33.5. The lowest BCUT2D eigenvalue weighted by Gasteiger charge is -2.28. The fourth-order valence-corrected chi connectivity index (χ4v) is 9.78. The average Bonchev–Trinajstić information content (AvgIpc) is 4.01. The van der Waals surface area contributed by atoms with Gasteiger partial charge in [0.1, 0.15) is 22.3 Å². The maximum Gasteiger partial charge on any atom is 0.143 e. The van der Waals surface area contributed by atoms with Crippen molar-refractivity contribution in [2.45, 2.75) is 0 Å². The second-order valence-corrected chi connectivity index (χ2v) is 16.0. The van der Waals surface area contributed by atoms with Crippen molar-refractivity contribution in [1.82, 2.24) is 4.57 Å². The second kappa shape index (κ2) is 13.6. The van der Waals surface area contributed by atoms with Crippen LogP contribution >= 0.6 is 0 Å². The van der Waals surface area contributed by atoms with Gasteiger partial charge >= 0.3 is 0 Å². The topological polar surface area (TPSA) is 34.5 Å². The molecule has 0 radical (unpaired) electrons. The first-order chi connectivity index (χ1) is 30.7. The van der Waals surface area contributed by atoms with Crippen LogP contribution in [-0.4, -0.2) is 4.57 Å². The lowest BCUT2D eigenvalue weighted by molar-refractivity contribution is 0.669. The van der Waals surface area contributed by atoms with Gasteiger partial charge in [-0.05, 0) is 101 Å². The van der Waals surface area contributed by atoms with E-state index in [1.807, 2.05) is 12.1 Å². The average molecular weight is 793 g/mol. The van der Waals surface area contributed by atoms with Crippen molar-refractivity contribution >= 4 is 93.5 Å². The van der Waals surface area contributed by atoms with Gasteiger partial charge in [-0.3, -0.25) is 0 Å². The molecule has 290 valence electrons. The van der Waals surface area contributed by atoms with Crippen molar-refractivity contribution in [3.05, 3.63) is 218 Å². The molecule has 10 aromatic carbocycles. The molecule has 4 nitrogen and oxygen atoms in total. The van der Waals surface area contributed by atoms with Gasteiger partial charge < -0.3 is 18.3 Å². The van der Waals surface area contributed by atoms with E-state index in [1.165, 1.54) is 27.2 Å². The molecule has 0 fully saturated rings. The van der Waals surface area contributed by atoms with Gasteiger partial charge in [0.15, 0.2) is 0 Å². The van der Waals surface area contributed by atoms with Crippen LogP contribution in [0.2, 0.25) is 0 Å². The van der Waals surface area contributed by atoms with Crippen LogP contribution in [-0.2, 0) is 0 Å². The highest BCUT2D eigenvalue weighted by molar-refractivity contribution is 6.15. The maximum atomic E-state index is 6.81. The molecule has 0 amide bonds. The molecule has 3 heterocycles. The first-order valence-corrected chi connectivity index (χ1v) is 21.1. The fourth-order valence-electron chi connectivity index (χ4n) is 9.78. The van der Waals surface area contributed by atoms with E-state index in [4.69, 9.17) is 8.83 Å². The quantitative estimate of drug-likeness (QED) is 0.168. The number of para-hydroxylation sites is 5. The van der Waals surface area contributed by atoms with Crippen LogP contribution in [0.3, 0.4) is 0 Å². The van der Waals surface area contributed by atoms with E-state index in [1.54, 1.807) is 0 Å². The molecular formula is C58H36N2O2. The number of fused-ring (bicyclic) bond motifs is 10. The summed E-state index contributed by atoms with van der Waals surface area (Å²) >= 11 is 0. The van der Waals surface area contributed by atoms with Crippen molar-refractivity contribution in [3.8, 4) is 27.9 Å². The number of hydrogen-bond acceptors (Lipinski definition) is 3. The van der Waals surface area contributed by atoms with E-state index in [2.05, 4.69) is 216 Å². The summed E-state index contributed by atoms with van der Waals surface area (Å²) in [5.74, 6) is 0. The normalized spacial score (nSPS) is 11.9. The van der Waals surface area contributed by atoms with E-state index in [0.717, 1.165) is 94.3 Å². The molecule has 0 spiro atoms. The van der Waals surface area contributed by atoms with Crippen LogP contribution in [0.25, 0.3) is 104 Å². The van der Waals surface area contributed by atoms with Gasteiger partial charge in [0, 0.05) is 60.5 Å². The zero-order chi connectivity index (χ0) is 40.7. The maximum absolute atomic E-state index is 6.81. The predicted molar refractivity (Wildman–Crippen MR) is 258 cm³/mol. The first-order valence-electron chi connectivity index (χ1n) is 21.1. The van der Waals surface area contributed by atoms with Gasteiger partial charge in [-0.1, -0.05) is 140 Å². The third kappa shape index (κ3) is 5.27. The minimum atomic E-state index is 0.877. The lowest BCUT2D eigenvalue weighted by atomic mass is 9.97. The van der Waals surface area contributed by atoms with Crippen LogP contribution < -0.4 is 4.90 Å². The van der Waals surface area contributed by atoms with E-state index in [-0.39, 0.29) is 0 Å². The van der Waals surface area contributed by atoms with E-state index in [0.29, 0.717) is 0 Å². The highest BCUT2D eigenvalue weighted by atomic mass is 16.3. The Morgan fingerprint density at radius 3 is 1.69 bits per heavy atom. The third-order valence-corrected chi connectivity index (χ3v) is 12.6. The molecule has 4 heteroatoms. The van der Waals surface area contributed by atoms with Gasteiger partial charge in [-0.15, -0.1) is 0 Å². The summed E-state index contributed by atoms with van der Waals surface area (Å²) < 4.78 is 15.5. The standard InChI is InChI=1S/C58H36N2O2/c1-2-14-39-36-56-50(35-38(39)13-1)48-21-11-20-47(58(48)62-56)46-17-5-7-22-51(46)59(40-29-27-37(28-30-40)43-19-12-26-55-57(43)49-18-6-10-25-54(49)61-55)41-31-33-42(34-32-41)60-52-23-8-3-15-44(52)45-16-4-9-24-53(45)60/h1-36H. The van der Waals surface area contributed by atoms with E-state index in [9.17, 15) is 0 Å². The lowest BCUT2D eigenvalue weighted by Crippen LogP contribution is -2.11. The largest absolute Gasteiger partial charge is 0.456 e. The number of aromatic nitrogens is 1. The number of benzene rings is 10.